The molecule has 34 heavy (non-hydrogen) atoms. The maximum atomic E-state index is 12.7. The molecule has 1 fully saturated rings. The van der Waals surface area contributed by atoms with Crippen molar-refractivity contribution >= 4 is 16.9 Å². The molecule has 0 spiro atoms. The van der Waals surface area contributed by atoms with Gasteiger partial charge in [0.2, 0.25) is 5.56 Å². The molecule has 1 atom stereocenters. The number of aryl methyl sites for hydroxylation is 1. The predicted molar refractivity (Wildman–Crippen MR) is 134 cm³/mol. The number of aromatic nitrogens is 1. The normalized spacial score (nSPS) is 15.3. The van der Waals surface area contributed by atoms with Gasteiger partial charge in [0.1, 0.15) is 6.23 Å². The molecule has 1 heterocycles. The van der Waals surface area contributed by atoms with E-state index in [1.54, 1.807) is 6.07 Å². The number of hydrogen-bond donors (Lipinski definition) is 3. The van der Waals surface area contributed by atoms with Crippen molar-refractivity contribution in [3.63, 3.8) is 0 Å². The summed E-state index contributed by atoms with van der Waals surface area (Å²) in [7, 11) is 0. The van der Waals surface area contributed by atoms with E-state index in [2.05, 4.69) is 10.3 Å². The number of aliphatic hydroxyl groups excluding tert-OH is 1. The molecule has 3 aromatic rings. The Morgan fingerprint density at radius 3 is 2.62 bits per heavy atom. The highest BCUT2D eigenvalue weighted by molar-refractivity contribution is 5.90. The maximum absolute atomic E-state index is 12.7. The van der Waals surface area contributed by atoms with Gasteiger partial charge in [0, 0.05) is 17.9 Å². The van der Waals surface area contributed by atoms with Gasteiger partial charge in [-0.2, -0.15) is 0 Å². The van der Waals surface area contributed by atoms with Crippen LogP contribution < -0.4 is 15.6 Å². The van der Waals surface area contributed by atoms with Gasteiger partial charge in [-0.15, -0.1) is 0 Å². The fourth-order valence-corrected chi connectivity index (χ4v) is 4.74. The van der Waals surface area contributed by atoms with E-state index in [1.165, 1.54) is 12.5 Å². The van der Waals surface area contributed by atoms with E-state index in [-0.39, 0.29) is 17.4 Å². The number of benzene rings is 2. The van der Waals surface area contributed by atoms with E-state index in [4.69, 9.17) is 4.74 Å². The molecule has 0 amide bonds. The second-order valence-corrected chi connectivity index (χ2v) is 9.21. The van der Waals surface area contributed by atoms with Crippen molar-refractivity contribution in [3.8, 4) is 5.75 Å². The van der Waals surface area contributed by atoms with Crippen LogP contribution in [-0.4, -0.2) is 28.8 Å². The zero-order chi connectivity index (χ0) is 23.8. The molecule has 0 saturated heterocycles. The quantitative estimate of drug-likeness (QED) is 0.179. The number of pyridine rings is 1. The Bertz CT molecular complexity index is 1140. The van der Waals surface area contributed by atoms with E-state index < -0.39 is 6.23 Å². The number of ether oxygens (including phenoxy) is 1. The fourth-order valence-electron chi connectivity index (χ4n) is 4.74. The highest BCUT2D eigenvalue weighted by Crippen LogP contribution is 2.30. The first kappa shape index (κ1) is 24.2. The van der Waals surface area contributed by atoms with Gasteiger partial charge < -0.3 is 14.8 Å². The monoisotopic (exact) mass is 462 g/mol. The van der Waals surface area contributed by atoms with Crippen molar-refractivity contribution in [2.24, 2.45) is 5.92 Å². The van der Waals surface area contributed by atoms with E-state index >= 15 is 0 Å². The molecular formula is C28H34N2O4. The molecular weight excluding hydrogens is 428 g/mol. The van der Waals surface area contributed by atoms with Crippen LogP contribution in [0.1, 0.15) is 56.1 Å². The van der Waals surface area contributed by atoms with Crippen molar-refractivity contribution in [3.05, 3.63) is 76.1 Å². The van der Waals surface area contributed by atoms with Crippen molar-refractivity contribution < 1.29 is 14.6 Å². The Hall–Kier alpha value is -2.96. The fraction of sp³-hybridized carbons (Fsp3) is 0.429. The van der Waals surface area contributed by atoms with Gasteiger partial charge in [-0.1, -0.05) is 55.7 Å². The van der Waals surface area contributed by atoms with Gasteiger partial charge in [-0.05, 0) is 61.9 Å². The van der Waals surface area contributed by atoms with Crippen LogP contribution in [0.15, 0.2) is 59.4 Å². The van der Waals surface area contributed by atoms with Crippen LogP contribution in [-0.2, 0) is 17.6 Å². The number of nitrogens with one attached hydrogen (secondary N) is 2. The smallest absolute Gasteiger partial charge is 0.314 e. The van der Waals surface area contributed by atoms with Crippen molar-refractivity contribution in [1.29, 1.82) is 0 Å². The van der Waals surface area contributed by atoms with E-state index in [1.807, 2.05) is 42.5 Å². The molecule has 2 aromatic carbocycles. The van der Waals surface area contributed by atoms with Gasteiger partial charge in [-0.25, -0.2) is 0 Å². The Kier molecular flexibility index (Phi) is 8.50. The van der Waals surface area contributed by atoms with Gasteiger partial charge in [-0.3, -0.25) is 14.9 Å². The third-order valence-corrected chi connectivity index (χ3v) is 6.62. The number of aliphatic hydroxyl groups is 1. The van der Waals surface area contributed by atoms with Crippen molar-refractivity contribution in [1.82, 2.24) is 10.3 Å². The maximum Gasteiger partial charge on any atom is 0.314 e. The number of aromatic amines is 1. The topological polar surface area (TPSA) is 91.4 Å². The third kappa shape index (κ3) is 6.55. The van der Waals surface area contributed by atoms with E-state index in [0.29, 0.717) is 17.7 Å². The summed E-state index contributed by atoms with van der Waals surface area (Å²) in [6.45, 7) is 0.722. The number of hydrogen-bond acceptors (Lipinski definition) is 5. The highest BCUT2D eigenvalue weighted by Gasteiger charge is 2.24. The van der Waals surface area contributed by atoms with Crippen molar-refractivity contribution in [2.45, 2.75) is 64.0 Å². The molecule has 0 radical (unpaired) electrons. The Labute approximate surface area is 200 Å². The van der Waals surface area contributed by atoms with Crippen LogP contribution in [0, 0.1) is 5.92 Å². The number of rotatable bonds is 10. The second kappa shape index (κ2) is 12.0. The minimum Gasteiger partial charge on any atom is -0.424 e. The summed E-state index contributed by atoms with van der Waals surface area (Å²) in [4.78, 5) is 27.5. The van der Waals surface area contributed by atoms with Gasteiger partial charge in [0.25, 0.3) is 0 Å². The first-order valence-corrected chi connectivity index (χ1v) is 12.4. The first-order chi connectivity index (χ1) is 16.6. The van der Waals surface area contributed by atoms with Crippen LogP contribution in [0.4, 0.5) is 0 Å². The van der Waals surface area contributed by atoms with Crippen LogP contribution in [0.3, 0.4) is 0 Å². The SMILES string of the molecule is O=C(Oc1ccc(CCCCNC(O)Cc2ccccc2)c2ccc(=O)[nH]c12)C1CCCCC1. The van der Waals surface area contributed by atoms with Crippen molar-refractivity contribution in [2.75, 3.05) is 6.54 Å². The lowest BCUT2D eigenvalue weighted by Gasteiger charge is -2.20. The average Bonchev–Trinajstić information content (AvgIpc) is 2.86. The molecule has 1 aliphatic carbocycles. The molecule has 0 bridgehead atoms. The predicted octanol–water partition coefficient (Wildman–Crippen LogP) is 4.49. The Balaban J connectivity index is 1.33. The van der Waals surface area contributed by atoms with E-state index in [9.17, 15) is 14.7 Å². The molecule has 1 unspecified atom stereocenters. The summed E-state index contributed by atoms with van der Waals surface area (Å²) in [5.41, 5.74) is 2.59. The van der Waals surface area contributed by atoms with Crippen LogP contribution in [0.25, 0.3) is 10.9 Å². The third-order valence-electron chi connectivity index (χ3n) is 6.62. The molecule has 6 nitrogen and oxygen atoms in total. The molecule has 1 aromatic heterocycles. The zero-order valence-corrected chi connectivity index (χ0v) is 19.6. The summed E-state index contributed by atoms with van der Waals surface area (Å²) in [5, 5.41) is 14.3. The molecule has 6 heteroatoms. The van der Waals surface area contributed by atoms with E-state index in [0.717, 1.165) is 68.0 Å². The number of unbranched alkanes of at least 4 members (excludes halogenated alkanes) is 1. The van der Waals surface area contributed by atoms with Gasteiger partial charge in [0.05, 0.1) is 11.4 Å². The molecule has 3 N–H and O–H groups in total. The zero-order valence-electron chi connectivity index (χ0n) is 19.6. The van der Waals surface area contributed by atoms with Gasteiger partial charge in [0.15, 0.2) is 5.75 Å². The second-order valence-electron chi connectivity index (χ2n) is 9.21. The average molecular weight is 463 g/mol. The summed E-state index contributed by atoms with van der Waals surface area (Å²) in [6, 6.07) is 17.0. The summed E-state index contributed by atoms with van der Waals surface area (Å²) in [5.74, 6) is 0.181. The lowest BCUT2D eigenvalue weighted by molar-refractivity contribution is -0.139. The lowest BCUT2D eigenvalue weighted by atomic mass is 9.89. The highest BCUT2D eigenvalue weighted by atomic mass is 16.5. The number of fused-ring (bicyclic) bond motifs is 1. The van der Waals surface area contributed by atoms with Crippen LogP contribution >= 0.6 is 0 Å². The minimum absolute atomic E-state index is 0.0522. The lowest BCUT2D eigenvalue weighted by Crippen LogP contribution is -2.31. The summed E-state index contributed by atoms with van der Waals surface area (Å²) >= 11 is 0. The minimum atomic E-state index is -0.563. The standard InChI is InChI=1S/C28H34N2O4/c31-25-17-15-23-21(11-7-8-18-29-26(32)19-20-9-3-1-4-10-20)14-16-24(27(23)30-25)34-28(33)22-12-5-2-6-13-22/h1,3-4,9-10,14-17,22,26,29,32H,2,5-8,11-13,18-19H2,(H,30,31). The van der Waals surface area contributed by atoms with Gasteiger partial charge >= 0.3 is 5.97 Å². The number of H-pyrrole nitrogens is 1. The molecule has 0 aliphatic heterocycles. The molecule has 180 valence electrons. The largest absolute Gasteiger partial charge is 0.424 e. The Morgan fingerprint density at radius 1 is 1.03 bits per heavy atom. The Morgan fingerprint density at radius 2 is 1.82 bits per heavy atom. The first-order valence-electron chi connectivity index (χ1n) is 12.4. The summed E-state index contributed by atoms with van der Waals surface area (Å²) in [6.07, 6.45) is 7.75. The molecule has 1 aliphatic rings. The summed E-state index contributed by atoms with van der Waals surface area (Å²) < 4.78 is 5.75. The number of carbonyl (C=O) groups is 1. The van der Waals surface area contributed by atoms with Crippen LogP contribution in [0.5, 0.6) is 5.75 Å². The number of esters is 1. The number of carbonyl (C=O) groups excluding carboxylic acids is 1. The molecule has 1 saturated carbocycles. The van der Waals surface area contributed by atoms with Crippen LogP contribution in [0.2, 0.25) is 0 Å². The molecule has 4 rings (SSSR count).